The average molecular weight is 584 g/mol. The molecule has 2 N–H and O–H groups in total. The molecule has 2 aliphatic rings. The van der Waals surface area contributed by atoms with E-state index in [4.69, 9.17) is 9.47 Å². The van der Waals surface area contributed by atoms with E-state index in [2.05, 4.69) is 30.5 Å². The second-order valence-electron chi connectivity index (χ2n) is 10.1. The zero-order chi connectivity index (χ0) is 28.6. The van der Waals surface area contributed by atoms with E-state index >= 15 is 0 Å². The fourth-order valence-corrected chi connectivity index (χ4v) is 5.76. The van der Waals surface area contributed by atoms with E-state index in [0.717, 1.165) is 36.6 Å². The third-order valence-electron chi connectivity index (χ3n) is 7.04. The highest BCUT2D eigenvalue weighted by atomic mass is 32.1. The molecule has 1 aromatic carbocycles. The molecule has 0 aliphatic carbocycles. The first-order valence-electron chi connectivity index (χ1n) is 13.7. The summed E-state index contributed by atoms with van der Waals surface area (Å²) in [5, 5.41) is 8.16. The second-order valence-corrected chi connectivity index (χ2v) is 10.9. The Hall–Kier alpha value is -3.68. The number of thiazole rings is 1. The highest BCUT2D eigenvalue weighted by Crippen LogP contribution is 2.27. The number of carbonyl (C=O) groups is 2. The van der Waals surface area contributed by atoms with Crippen LogP contribution < -0.4 is 20.3 Å². The number of hydrogen-bond donors (Lipinski definition) is 2. The van der Waals surface area contributed by atoms with Crippen LogP contribution in [0.25, 0.3) is 0 Å². The van der Waals surface area contributed by atoms with E-state index in [0.29, 0.717) is 56.5 Å². The molecule has 4 heterocycles. The Kier molecular flexibility index (Phi) is 9.70. The smallest absolute Gasteiger partial charge is 0.316 e. The first-order valence-corrected chi connectivity index (χ1v) is 14.6. The molecule has 3 aromatic rings. The van der Waals surface area contributed by atoms with Crippen LogP contribution in [0.1, 0.15) is 45.7 Å². The normalized spacial score (nSPS) is 17.9. The van der Waals surface area contributed by atoms with Crippen LogP contribution >= 0.6 is 11.3 Å². The van der Waals surface area contributed by atoms with Crippen molar-refractivity contribution >= 4 is 34.0 Å². The van der Waals surface area contributed by atoms with Gasteiger partial charge in [0.2, 0.25) is 0 Å². The molecule has 11 nitrogen and oxygen atoms in total. The molecule has 2 amide bonds. The van der Waals surface area contributed by atoms with Crippen molar-refractivity contribution in [2.24, 2.45) is 0 Å². The summed E-state index contributed by atoms with van der Waals surface area (Å²) in [6.45, 7) is 3.75. The van der Waals surface area contributed by atoms with Gasteiger partial charge in [0.15, 0.2) is 5.13 Å². The molecule has 2 aromatic heterocycles. The number of carbonyl (C=O) groups excluding carboxylic acids is 2. The van der Waals surface area contributed by atoms with Gasteiger partial charge in [0.25, 0.3) is 11.8 Å². The molecule has 2 aliphatic heterocycles. The fourth-order valence-electron chi connectivity index (χ4n) is 4.90. The Labute approximate surface area is 242 Å². The number of ether oxygens (including phenoxy) is 2. The van der Waals surface area contributed by atoms with Crippen molar-refractivity contribution in [3.63, 3.8) is 0 Å². The van der Waals surface area contributed by atoms with Gasteiger partial charge in [-0.2, -0.15) is 0 Å². The predicted octanol–water partition coefficient (Wildman–Crippen LogP) is 3.15. The standard InChI is InChI=1S/C28H34FN7O4S/c1-39-14-10-30-25(37)22-15-19(16-35-11-5-20(29)17-35)3-4-23(22)33-26(38)24-18-41-28(34-24)36-12-6-21(7-13-36)40-27-31-8-2-9-32-27/h2-4,8-9,15,18,20-21H,5-7,10-14,16-17H2,1H3,(H,30,37)(H,33,38)/t20-/m0/s1. The number of alkyl halides is 1. The van der Waals surface area contributed by atoms with Crippen molar-refractivity contribution in [3.8, 4) is 6.01 Å². The average Bonchev–Trinajstić information content (AvgIpc) is 3.64. The van der Waals surface area contributed by atoms with Crippen LogP contribution in [0.15, 0.2) is 42.0 Å². The number of rotatable bonds is 11. The lowest BCUT2D eigenvalue weighted by Crippen LogP contribution is -2.38. The molecule has 13 heteroatoms. The molecule has 2 fully saturated rings. The number of aromatic nitrogens is 3. The maximum absolute atomic E-state index is 13.7. The second kappa shape index (κ2) is 13.8. The highest BCUT2D eigenvalue weighted by molar-refractivity contribution is 7.14. The van der Waals surface area contributed by atoms with Gasteiger partial charge >= 0.3 is 6.01 Å². The van der Waals surface area contributed by atoms with Gasteiger partial charge in [-0.25, -0.2) is 19.3 Å². The van der Waals surface area contributed by atoms with Crippen molar-refractivity contribution in [2.45, 2.75) is 38.1 Å². The van der Waals surface area contributed by atoms with Crippen molar-refractivity contribution in [1.82, 2.24) is 25.2 Å². The molecular weight excluding hydrogens is 549 g/mol. The molecule has 1 atom stereocenters. The maximum Gasteiger partial charge on any atom is 0.316 e. The number of nitrogens with zero attached hydrogens (tertiary/aromatic N) is 5. The fraction of sp³-hybridized carbons (Fsp3) is 0.464. The van der Waals surface area contributed by atoms with E-state index in [1.807, 2.05) is 11.0 Å². The Morgan fingerprint density at radius 3 is 2.66 bits per heavy atom. The van der Waals surface area contributed by atoms with Gasteiger partial charge in [-0.1, -0.05) is 6.07 Å². The van der Waals surface area contributed by atoms with Gasteiger partial charge in [-0.15, -0.1) is 11.3 Å². The van der Waals surface area contributed by atoms with E-state index < -0.39 is 12.1 Å². The van der Waals surface area contributed by atoms with Crippen molar-refractivity contribution in [1.29, 1.82) is 0 Å². The number of amides is 2. The summed E-state index contributed by atoms with van der Waals surface area (Å²) in [5.41, 5.74) is 1.87. The van der Waals surface area contributed by atoms with Gasteiger partial charge in [-0.05, 0) is 30.2 Å². The zero-order valence-electron chi connectivity index (χ0n) is 22.9. The van der Waals surface area contributed by atoms with Crippen LogP contribution in [0.2, 0.25) is 0 Å². The van der Waals surface area contributed by atoms with Crippen LogP contribution in [0.3, 0.4) is 0 Å². The lowest BCUT2D eigenvalue weighted by atomic mass is 10.1. The van der Waals surface area contributed by atoms with Crippen molar-refractivity contribution in [3.05, 3.63) is 58.9 Å². The number of piperidine rings is 1. The summed E-state index contributed by atoms with van der Waals surface area (Å²) in [4.78, 5) is 43.2. The predicted molar refractivity (Wildman–Crippen MR) is 153 cm³/mol. The number of halogens is 1. The Balaban J connectivity index is 1.22. The number of nitrogens with one attached hydrogen (secondary N) is 2. The van der Waals surface area contributed by atoms with E-state index in [-0.39, 0.29) is 17.7 Å². The first kappa shape index (κ1) is 28.8. The van der Waals surface area contributed by atoms with E-state index in [1.165, 1.54) is 11.3 Å². The zero-order valence-corrected chi connectivity index (χ0v) is 23.7. The third kappa shape index (κ3) is 7.75. The lowest BCUT2D eigenvalue weighted by molar-refractivity contribution is 0.0937. The summed E-state index contributed by atoms with van der Waals surface area (Å²) in [5.74, 6) is -0.723. The Morgan fingerprint density at radius 2 is 1.93 bits per heavy atom. The third-order valence-corrected chi connectivity index (χ3v) is 7.94. The van der Waals surface area contributed by atoms with Gasteiger partial charge in [0.05, 0.1) is 17.9 Å². The lowest BCUT2D eigenvalue weighted by Gasteiger charge is -2.31. The number of methoxy groups -OCH3 is 1. The number of hydrogen-bond acceptors (Lipinski definition) is 10. The number of likely N-dealkylation sites (tertiary alicyclic amines) is 1. The Morgan fingerprint density at radius 1 is 1.12 bits per heavy atom. The summed E-state index contributed by atoms with van der Waals surface area (Å²) in [6, 6.07) is 7.45. The largest absolute Gasteiger partial charge is 0.460 e. The molecule has 0 unspecified atom stereocenters. The number of anilines is 2. The first-order chi connectivity index (χ1) is 20.0. The van der Waals surface area contributed by atoms with Crippen LogP contribution in [-0.2, 0) is 11.3 Å². The quantitative estimate of drug-likeness (QED) is 0.328. The Bertz CT molecular complexity index is 1320. The highest BCUT2D eigenvalue weighted by Gasteiger charge is 2.25. The molecule has 0 radical (unpaired) electrons. The van der Waals surface area contributed by atoms with Crippen LogP contribution in [0.5, 0.6) is 6.01 Å². The van der Waals surface area contributed by atoms with E-state index in [9.17, 15) is 14.0 Å². The van der Waals surface area contributed by atoms with Gasteiger partial charge < -0.3 is 25.0 Å². The molecule has 0 saturated carbocycles. The minimum atomic E-state index is -0.822. The van der Waals surface area contributed by atoms with Gasteiger partial charge in [0, 0.05) is 77.0 Å². The van der Waals surface area contributed by atoms with Crippen molar-refractivity contribution < 1.29 is 23.5 Å². The molecule has 2 saturated heterocycles. The molecule has 0 spiro atoms. The number of benzene rings is 1. The SMILES string of the molecule is COCCNC(=O)c1cc(CN2CC[C@H](F)C2)ccc1NC(=O)c1csc(N2CCC(Oc3ncccn3)CC2)n1. The minimum absolute atomic E-state index is 0.0247. The van der Waals surface area contributed by atoms with Gasteiger partial charge in [0.1, 0.15) is 18.0 Å². The molecule has 0 bridgehead atoms. The van der Waals surface area contributed by atoms with E-state index in [1.54, 1.807) is 43.1 Å². The summed E-state index contributed by atoms with van der Waals surface area (Å²) in [7, 11) is 1.56. The van der Waals surface area contributed by atoms with Crippen LogP contribution in [-0.4, -0.2) is 90.4 Å². The molecule has 41 heavy (non-hydrogen) atoms. The van der Waals surface area contributed by atoms with Crippen LogP contribution in [0, 0.1) is 0 Å². The summed E-state index contributed by atoms with van der Waals surface area (Å²) < 4.78 is 24.6. The van der Waals surface area contributed by atoms with Crippen molar-refractivity contribution in [2.75, 3.05) is 56.7 Å². The maximum atomic E-state index is 13.7. The summed E-state index contributed by atoms with van der Waals surface area (Å²) >= 11 is 1.40. The monoisotopic (exact) mass is 583 g/mol. The van der Waals surface area contributed by atoms with Crippen LogP contribution in [0.4, 0.5) is 15.2 Å². The minimum Gasteiger partial charge on any atom is -0.460 e. The molecular formula is C28H34FN7O4S. The molecule has 218 valence electrons. The molecule has 5 rings (SSSR count). The topological polar surface area (TPSA) is 122 Å². The summed E-state index contributed by atoms with van der Waals surface area (Å²) in [6.07, 6.45) is 4.60. The van der Waals surface area contributed by atoms with Gasteiger partial charge in [-0.3, -0.25) is 14.5 Å².